The van der Waals surface area contributed by atoms with Gasteiger partial charge in [0.25, 0.3) is 5.91 Å². The Bertz CT molecular complexity index is 827. The van der Waals surface area contributed by atoms with Crippen LogP contribution in [0.25, 0.3) is 0 Å². The summed E-state index contributed by atoms with van der Waals surface area (Å²) in [6, 6.07) is 0. The first-order valence-corrected chi connectivity index (χ1v) is 10.1. The predicted octanol–water partition coefficient (Wildman–Crippen LogP) is 1.74. The minimum absolute atomic E-state index is 0.00488. The number of carbonyl (C=O) groups is 1. The lowest BCUT2D eigenvalue weighted by Crippen LogP contribution is -2.33. The Balaban J connectivity index is 1.47. The second-order valence-electron chi connectivity index (χ2n) is 7.37. The van der Waals surface area contributed by atoms with Crippen LogP contribution in [0.2, 0.25) is 0 Å². The molecule has 2 aromatic rings. The van der Waals surface area contributed by atoms with Crippen LogP contribution in [0.5, 0.6) is 0 Å². The molecule has 0 saturated carbocycles. The van der Waals surface area contributed by atoms with E-state index < -0.39 is 6.10 Å². The molecule has 2 aromatic heterocycles. The molecule has 2 atom stereocenters. The van der Waals surface area contributed by atoms with Gasteiger partial charge in [-0.2, -0.15) is 0 Å². The molecule has 0 aromatic carbocycles. The van der Waals surface area contributed by atoms with Gasteiger partial charge in [0.2, 0.25) is 0 Å². The Morgan fingerprint density at radius 2 is 2.26 bits per heavy atom. The van der Waals surface area contributed by atoms with Crippen molar-refractivity contribution in [1.82, 2.24) is 15.0 Å². The second-order valence-corrected chi connectivity index (χ2v) is 8.33. The van der Waals surface area contributed by atoms with E-state index in [1.54, 1.807) is 23.3 Å². The average molecular weight is 391 g/mol. The first-order valence-electron chi connectivity index (χ1n) is 9.21. The molecular formula is C19H25N3O4S. The Kier molecular flexibility index (Phi) is 5.07. The maximum Gasteiger partial charge on any atom is 0.255 e. The third kappa shape index (κ3) is 3.42. The van der Waals surface area contributed by atoms with Crippen molar-refractivity contribution in [2.45, 2.75) is 45.6 Å². The zero-order valence-electron chi connectivity index (χ0n) is 15.9. The van der Waals surface area contributed by atoms with Crippen molar-refractivity contribution < 1.29 is 19.2 Å². The Labute approximate surface area is 162 Å². The van der Waals surface area contributed by atoms with Crippen molar-refractivity contribution in [3.63, 3.8) is 0 Å². The van der Waals surface area contributed by atoms with Crippen LogP contribution in [0, 0.1) is 13.8 Å². The molecule has 0 bridgehead atoms. The molecule has 146 valence electrons. The SMILES string of the molecule is CO[C@H]1CN(C(=O)c2csc3c2CCN(Cc2c(C)noc2C)C3)C[C@@H]1O. The molecule has 2 aliphatic rings. The lowest BCUT2D eigenvalue weighted by molar-refractivity contribution is 0.0215. The Morgan fingerprint density at radius 3 is 2.93 bits per heavy atom. The topological polar surface area (TPSA) is 79.0 Å². The van der Waals surface area contributed by atoms with Crippen LogP contribution in [0.1, 0.15) is 37.8 Å². The number of hydrogen-bond donors (Lipinski definition) is 1. The highest BCUT2D eigenvalue weighted by atomic mass is 32.1. The fourth-order valence-electron chi connectivity index (χ4n) is 3.97. The van der Waals surface area contributed by atoms with Gasteiger partial charge in [0, 0.05) is 55.7 Å². The number of aliphatic hydroxyl groups is 1. The van der Waals surface area contributed by atoms with Gasteiger partial charge in [0.15, 0.2) is 0 Å². The third-order valence-electron chi connectivity index (χ3n) is 5.65. The van der Waals surface area contributed by atoms with Crippen LogP contribution < -0.4 is 0 Å². The number of aliphatic hydroxyl groups excluding tert-OH is 1. The summed E-state index contributed by atoms with van der Waals surface area (Å²) in [6.07, 6.45) is -0.0548. The number of likely N-dealkylation sites (tertiary alicyclic amines) is 1. The van der Waals surface area contributed by atoms with Crippen molar-refractivity contribution in [1.29, 1.82) is 0 Å². The summed E-state index contributed by atoms with van der Waals surface area (Å²) in [4.78, 5) is 18.3. The van der Waals surface area contributed by atoms with E-state index in [2.05, 4.69) is 10.1 Å². The summed E-state index contributed by atoms with van der Waals surface area (Å²) < 4.78 is 10.5. The molecule has 4 heterocycles. The summed E-state index contributed by atoms with van der Waals surface area (Å²) in [5.74, 6) is 0.880. The minimum atomic E-state index is -0.612. The molecule has 1 fully saturated rings. The molecule has 2 aliphatic heterocycles. The van der Waals surface area contributed by atoms with E-state index in [4.69, 9.17) is 9.26 Å². The van der Waals surface area contributed by atoms with Gasteiger partial charge in [-0.3, -0.25) is 9.69 Å². The number of hydrogen-bond acceptors (Lipinski definition) is 7. The number of rotatable bonds is 4. The number of aryl methyl sites for hydroxylation is 2. The Hall–Kier alpha value is -1.74. The standard InChI is InChI=1S/C19H25N3O4S/c1-11-14(12(2)26-20-11)6-21-5-4-13-15(10-27-18(13)9-21)19(24)22-7-16(23)17(8-22)25-3/h10,16-17,23H,4-9H2,1-3H3/t16-,17-/m0/s1. The zero-order chi connectivity index (χ0) is 19.1. The van der Waals surface area contributed by atoms with Gasteiger partial charge in [0.05, 0.1) is 17.4 Å². The van der Waals surface area contributed by atoms with Gasteiger partial charge in [-0.1, -0.05) is 5.16 Å². The molecule has 0 aliphatic carbocycles. The molecule has 7 nitrogen and oxygen atoms in total. The molecule has 1 N–H and O–H groups in total. The molecule has 8 heteroatoms. The summed E-state index contributed by atoms with van der Waals surface area (Å²) in [5.41, 5.74) is 4.05. The summed E-state index contributed by atoms with van der Waals surface area (Å²) >= 11 is 1.65. The number of aromatic nitrogens is 1. The Morgan fingerprint density at radius 1 is 1.44 bits per heavy atom. The molecule has 1 saturated heterocycles. The van der Waals surface area contributed by atoms with Crippen molar-refractivity contribution in [2.75, 3.05) is 26.7 Å². The monoisotopic (exact) mass is 391 g/mol. The average Bonchev–Trinajstić information content (AvgIpc) is 3.34. The summed E-state index contributed by atoms with van der Waals surface area (Å²) in [5, 5.41) is 16.0. The van der Waals surface area contributed by atoms with Crippen molar-refractivity contribution >= 4 is 17.2 Å². The smallest absolute Gasteiger partial charge is 0.255 e. The van der Waals surface area contributed by atoms with Crippen LogP contribution in [0.15, 0.2) is 9.90 Å². The highest BCUT2D eigenvalue weighted by Gasteiger charge is 2.36. The summed E-state index contributed by atoms with van der Waals surface area (Å²) in [6.45, 7) is 7.25. The first-order chi connectivity index (χ1) is 13.0. The molecule has 0 spiro atoms. The third-order valence-corrected chi connectivity index (χ3v) is 6.66. The van der Waals surface area contributed by atoms with Crippen LogP contribution in [0.4, 0.5) is 0 Å². The number of nitrogens with zero attached hydrogens (tertiary/aromatic N) is 3. The number of fused-ring (bicyclic) bond motifs is 1. The molecule has 27 heavy (non-hydrogen) atoms. The minimum Gasteiger partial charge on any atom is -0.388 e. The molecule has 0 unspecified atom stereocenters. The number of β-amino-alcohol motifs (C(OH)–C–C–N with tert-alkyl or cyclic N) is 1. The van der Waals surface area contributed by atoms with Gasteiger partial charge in [0.1, 0.15) is 11.9 Å². The van der Waals surface area contributed by atoms with Crippen LogP contribution in [0.3, 0.4) is 0 Å². The fraction of sp³-hybridized carbons (Fsp3) is 0.579. The van der Waals surface area contributed by atoms with Crippen molar-refractivity contribution in [3.8, 4) is 0 Å². The van der Waals surface area contributed by atoms with Crippen LogP contribution in [-0.2, 0) is 24.2 Å². The highest BCUT2D eigenvalue weighted by Crippen LogP contribution is 2.31. The maximum absolute atomic E-state index is 12.9. The number of ether oxygens (including phenoxy) is 1. The number of methoxy groups -OCH3 is 1. The highest BCUT2D eigenvalue weighted by molar-refractivity contribution is 7.10. The second kappa shape index (κ2) is 7.35. The van der Waals surface area contributed by atoms with Gasteiger partial charge < -0.3 is 19.3 Å². The quantitative estimate of drug-likeness (QED) is 0.855. The van der Waals surface area contributed by atoms with E-state index in [0.29, 0.717) is 13.1 Å². The van der Waals surface area contributed by atoms with Crippen LogP contribution >= 0.6 is 11.3 Å². The fourth-order valence-corrected chi connectivity index (χ4v) is 5.09. The lowest BCUT2D eigenvalue weighted by Gasteiger charge is -2.27. The van der Waals surface area contributed by atoms with E-state index in [1.807, 2.05) is 19.2 Å². The van der Waals surface area contributed by atoms with Crippen molar-refractivity contribution in [3.05, 3.63) is 38.4 Å². The molecule has 1 amide bonds. The van der Waals surface area contributed by atoms with E-state index in [1.165, 1.54) is 4.88 Å². The van der Waals surface area contributed by atoms with Gasteiger partial charge in [-0.05, 0) is 25.8 Å². The maximum atomic E-state index is 12.9. The molecular weight excluding hydrogens is 366 g/mol. The normalized spacial score (nSPS) is 23.0. The van der Waals surface area contributed by atoms with Gasteiger partial charge in [-0.25, -0.2) is 0 Å². The van der Waals surface area contributed by atoms with E-state index in [-0.39, 0.29) is 12.0 Å². The van der Waals surface area contributed by atoms with Crippen LogP contribution in [-0.4, -0.2) is 64.9 Å². The van der Waals surface area contributed by atoms with Gasteiger partial charge >= 0.3 is 0 Å². The van der Waals surface area contributed by atoms with Crippen molar-refractivity contribution in [2.24, 2.45) is 0 Å². The van der Waals surface area contributed by atoms with E-state index in [9.17, 15) is 9.90 Å². The summed E-state index contributed by atoms with van der Waals surface area (Å²) in [7, 11) is 1.57. The number of carbonyl (C=O) groups excluding carboxylic acids is 1. The predicted molar refractivity (Wildman–Crippen MR) is 101 cm³/mol. The van der Waals surface area contributed by atoms with Gasteiger partial charge in [-0.15, -0.1) is 11.3 Å². The lowest BCUT2D eigenvalue weighted by atomic mass is 10.0. The number of thiophene rings is 1. The number of amides is 1. The zero-order valence-corrected chi connectivity index (χ0v) is 16.7. The molecule has 0 radical (unpaired) electrons. The van der Waals surface area contributed by atoms with E-state index in [0.717, 1.165) is 54.2 Å². The molecule has 4 rings (SSSR count). The van der Waals surface area contributed by atoms with E-state index >= 15 is 0 Å². The largest absolute Gasteiger partial charge is 0.388 e. The first kappa shape index (κ1) is 18.6.